The normalized spacial score (nSPS) is 31.7. The summed E-state index contributed by atoms with van der Waals surface area (Å²) in [4.78, 5) is 27.9. The van der Waals surface area contributed by atoms with Crippen LogP contribution in [0.1, 0.15) is 35.4 Å². The summed E-state index contributed by atoms with van der Waals surface area (Å²) < 4.78 is 0.945. The van der Waals surface area contributed by atoms with Crippen molar-refractivity contribution in [1.82, 2.24) is 0 Å². The Morgan fingerprint density at radius 3 is 2.37 bits per heavy atom. The molecule has 2 saturated carbocycles. The zero-order valence-electron chi connectivity index (χ0n) is 15.5. The number of nitrogens with zero attached hydrogens (tertiary/aromatic N) is 1. The molecule has 0 radical (unpaired) electrons. The number of rotatable bonds is 2. The van der Waals surface area contributed by atoms with E-state index >= 15 is 0 Å². The number of halogens is 1. The topological polar surface area (TPSA) is 37.4 Å². The van der Waals surface area contributed by atoms with E-state index in [4.69, 9.17) is 0 Å². The van der Waals surface area contributed by atoms with E-state index in [-0.39, 0.29) is 29.6 Å². The first-order valence-corrected chi connectivity index (χ1v) is 10.5. The molecule has 3 nitrogen and oxygen atoms in total. The molecular formula is C23H22BrNO2. The predicted molar refractivity (Wildman–Crippen MR) is 108 cm³/mol. The number of carbonyl (C=O) groups excluding carboxylic acids is 2. The standard InChI is InChI=1S/C23H22BrNO2/c1-12-3-4-13(2)17(9-12)18-10-14-11-19(18)21-20(14)22(26)25(23(21)27)16-7-5-15(24)6-8-16/h3-9,14,18-21H,10-11H2,1-2H3/t14-,18-,19+,20-,21-/m0/s1. The third-order valence-electron chi connectivity index (χ3n) is 6.93. The minimum Gasteiger partial charge on any atom is -0.274 e. The molecule has 1 saturated heterocycles. The Kier molecular flexibility index (Phi) is 3.84. The van der Waals surface area contributed by atoms with Crippen molar-refractivity contribution in [1.29, 1.82) is 0 Å². The largest absolute Gasteiger partial charge is 0.274 e. The second kappa shape index (κ2) is 6.03. The molecule has 3 fully saturated rings. The van der Waals surface area contributed by atoms with Crippen molar-refractivity contribution >= 4 is 33.4 Å². The van der Waals surface area contributed by atoms with Gasteiger partial charge in [-0.2, -0.15) is 0 Å². The third-order valence-corrected chi connectivity index (χ3v) is 7.46. The van der Waals surface area contributed by atoms with Crippen LogP contribution in [0.3, 0.4) is 0 Å². The summed E-state index contributed by atoms with van der Waals surface area (Å²) in [5.74, 6) is 0.781. The first-order valence-electron chi connectivity index (χ1n) is 9.66. The van der Waals surface area contributed by atoms with E-state index in [9.17, 15) is 9.59 Å². The summed E-state index contributed by atoms with van der Waals surface area (Å²) in [7, 11) is 0. The van der Waals surface area contributed by atoms with Crippen molar-refractivity contribution in [2.24, 2.45) is 23.7 Å². The maximum atomic E-state index is 13.3. The van der Waals surface area contributed by atoms with Gasteiger partial charge in [0.05, 0.1) is 17.5 Å². The molecule has 0 unspecified atom stereocenters. The molecule has 2 aromatic rings. The van der Waals surface area contributed by atoms with Gasteiger partial charge in [-0.15, -0.1) is 0 Å². The highest BCUT2D eigenvalue weighted by atomic mass is 79.9. The van der Waals surface area contributed by atoms with Gasteiger partial charge in [0.2, 0.25) is 11.8 Å². The first-order chi connectivity index (χ1) is 13.0. The SMILES string of the molecule is Cc1ccc(C)c([C@@H]2C[C@H]3C[C@H]2[C@@H]2C(=O)N(c4ccc(Br)cc4)C(=O)[C@@H]32)c1. The van der Waals surface area contributed by atoms with Crippen molar-refractivity contribution in [3.8, 4) is 0 Å². The summed E-state index contributed by atoms with van der Waals surface area (Å²) in [6.45, 7) is 4.28. The van der Waals surface area contributed by atoms with Gasteiger partial charge >= 0.3 is 0 Å². The van der Waals surface area contributed by atoms with Crippen LogP contribution in [0.4, 0.5) is 5.69 Å². The molecule has 2 aliphatic carbocycles. The zero-order chi connectivity index (χ0) is 18.9. The molecule has 3 aliphatic rings. The van der Waals surface area contributed by atoms with E-state index in [1.807, 2.05) is 24.3 Å². The Morgan fingerprint density at radius 1 is 0.926 bits per heavy atom. The molecule has 27 heavy (non-hydrogen) atoms. The van der Waals surface area contributed by atoms with Gasteiger partial charge in [0.15, 0.2) is 0 Å². The quantitative estimate of drug-likeness (QED) is 0.637. The van der Waals surface area contributed by atoms with Crippen molar-refractivity contribution in [2.75, 3.05) is 4.90 Å². The van der Waals surface area contributed by atoms with E-state index in [0.717, 1.165) is 17.3 Å². The summed E-state index contributed by atoms with van der Waals surface area (Å²) in [6.07, 6.45) is 2.04. The second-order valence-electron chi connectivity index (χ2n) is 8.40. The number of fused-ring (bicyclic) bond motifs is 5. The molecule has 0 aromatic heterocycles. The van der Waals surface area contributed by atoms with Crippen LogP contribution in [0.15, 0.2) is 46.9 Å². The van der Waals surface area contributed by atoms with E-state index in [1.54, 1.807) is 0 Å². The van der Waals surface area contributed by atoms with Gasteiger partial charge in [0.1, 0.15) is 0 Å². The van der Waals surface area contributed by atoms with Gasteiger partial charge in [-0.05, 0) is 79.8 Å². The van der Waals surface area contributed by atoms with Gasteiger partial charge in [-0.25, -0.2) is 0 Å². The van der Waals surface area contributed by atoms with Gasteiger partial charge in [-0.3, -0.25) is 14.5 Å². The molecule has 5 rings (SSSR count). The van der Waals surface area contributed by atoms with Crippen LogP contribution in [0.2, 0.25) is 0 Å². The Bertz CT molecular complexity index is 951. The highest BCUT2D eigenvalue weighted by Gasteiger charge is 2.64. The second-order valence-corrected chi connectivity index (χ2v) is 9.32. The van der Waals surface area contributed by atoms with E-state index in [2.05, 4.69) is 48.0 Å². The fourth-order valence-electron chi connectivity index (χ4n) is 5.82. The van der Waals surface area contributed by atoms with Crippen LogP contribution >= 0.6 is 15.9 Å². The molecule has 4 heteroatoms. The smallest absolute Gasteiger partial charge is 0.237 e. The van der Waals surface area contributed by atoms with Crippen LogP contribution in [-0.4, -0.2) is 11.8 Å². The number of benzene rings is 2. The van der Waals surface area contributed by atoms with Crippen molar-refractivity contribution < 1.29 is 9.59 Å². The van der Waals surface area contributed by atoms with Crippen LogP contribution in [0.25, 0.3) is 0 Å². The lowest BCUT2D eigenvalue weighted by molar-refractivity contribution is -0.123. The molecular weight excluding hydrogens is 402 g/mol. The molecule has 5 atom stereocenters. The molecule has 138 valence electrons. The minimum absolute atomic E-state index is 0.00910. The summed E-state index contributed by atoms with van der Waals surface area (Å²) in [6, 6.07) is 14.1. The molecule has 2 amide bonds. The van der Waals surface area contributed by atoms with Crippen molar-refractivity contribution in [3.05, 3.63) is 63.6 Å². The lowest BCUT2D eigenvalue weighted by Gasteiger charge is -2.30. The molecule has 1 heterocycles. The Balaban J connectivity index is 1.50. The number of hydrogen-bond acceptors (Lipinski definition) is 2. The van der Waals surface area contributed by atoms with Gasteiger partial charge in [0, 0.05) is 4.47 Å². The van der Waals surface area contributed by atoms with Crippen LogP contribution in [0.5, 0.6) is 0 Å². The van der Waals surface area contributed by atoms with Gasteiger partial charge < -0.3 is 0 Å². The molecule has 0 spiro atoms. The zero-order valence-corrected chi connectivity index (χ0v) is 17.1. The summed E-state index contributed by atoms with van der Waals surface area (Å²) in [5.41, 5.74) is 4.64. The van der Waals surface area contributed by atoms with Crippen LogP contribution in [0, 0.1) is 37.5 Å². The van der Waals surface area contributed by atoms with Gasteiger partial charge in [0.25, 0.3) is 0 Å². The third kappa shape index (κ3) is 2.46. The van der Waals surface area contributed by atoms with Crippen LogP contribution in [-0.2, 0) is 9.59 Å². The predicted octanol–water partition coefficient (Wildman–Crippen LogP) is 5.00. The summed E-state index contributed by atoms with van der Waals surface area (Å²) in [5, 5.41) is 0. The highest BCUT2D eigenvalue weighted by Crippen LogP contribution is 2.62. The van der Waals surface area contributed by atoms with E-state index in [1.165, 1.54) is 21.6 Å². The fraction of sp³-hybridized carbons (Fsp3) is 0.391. The molecule has 2 aromatic carbocycles. The highest BCUT2D eigenvalue weighted by molar-refractivity contribution is 9.10. The maximum absolute atomic E-state index is 13.3. The monoisotopic (exact) mass is 423 g/mol. The minimum atomic E-state index is -0.148. The van der Waals surface area contributed by atoms with E-state index < -0.39 is 0 Å². The Labute approximate surface area is 167 Å². The van der Waals surface area contributed by atoms with Crippen molar-refractivity contribution in [3.63, 3.8) is 0 Å². The lowest BCUT2D eigenvalue weighted by Crippen LogP contribution is -2.32. The number of hydrogen-bond donors (Lipinski definition) is 0. The number of imide groups is 1. The molecule has 2 bridgehead atoms. The number of carbonyl (C=O) groups is 2. The molecule has 1 aliphatic heterocycles. The lowest BCUT2D eigenvalue weighted by atomic mass is 9.72. The fourth-order valence-corrected chi connectivity index (χ4v) is 6.09. The van der Waals surface area contributed by atoms with Gasteiger partial charge in [-0.1, -0.05) is 39.7 Å². The van der Waals surface area contributed by atoms with Crippen molar-refractivity contribution in [2.45, 2.75) is 32.6 Å². The first kappa shape index (κ1) is 17.2. The average molecular weight is 424 g/mol. The summed E-state index contributed by atoms with van der Waals surface area (Å²) >= 11 is 3.42. The number of aryl methyl sites for hydroxylation is 2. The Hall–Kier alpha value is -1.94. The van der Waals surface area contributed by atoms with E-state index in [0.29, 0.717) is 17.5 Å². The maximum Gasteiger partial charge on any atom is 0.237 e. The average Bonchev–Trinajstić information content (AvgIpc) is 3.30. The Morgan fingerprint density at radius 2 is 1.63 bits per heavy atom. The number of amides is 2. The molecule has 0 N–H and O–H groups in total. The van der Waals surface area contributed by atoms with Crippen LogP contribution < -0.4 is 4.90 Å². The number of anilines is 1.